The molecule has 150 valence electrons. The number of carbonyl (C=O) groups is 2. The van der Waals surface area contributed by atoms with E-state index in [1.54, 1.807) is 24.3 Å². The molecular weight excluding hydrogens is 400 g/mol. The lowest BCUT2D eigenvalue weighted by molar-refractivity contribution is -0.120. The summed E-state index contributed by atoms with van der Waals surface area (Å²) < 4.78 is 5.76. The number of amides is 2. The number of halogens is 1. The molecular formula is C24H19ClN2O3. The average Bonchev–Trinajstić information content (AvgIpc) is 2.94. The van der Waals surface area contributed by atoms with Crippen LogP contribution in [-0.4, -0.2) is 11.8 Å². The highest BCUT2D eigenvalue weighted by atomic mass is 35.5. The Morgan fingerprint density at radius 2 is 1.50 bits per heavy atom. The topological polar surface area (TPSA) is 58.6 Å². The smallest absolute Gasteiger partial charge is 0.283 e. The lowest BCUT2D eigenvalue weighted by atomic mass is 10.1. The van der Waals surface area contributed by atoms with E-state index in [0.717, 1.165) is 21.7 Å². The SMILES string of the molecule is Cc1ccc(NC2=C(Cl)C(=O)N(c3ccc(Oc4ccccc4)cc3)C2=O)c(C)c1. The maximum absolute atomic E-state index is 13.0. The van der Waals surface area contributed by atoms with Gasteiger partial charge in [0.2, 0.25) is 0 Å². The van der Waals surface area contributed by atoms with Gasteiger partial charge in [0.1, 0.15) is 22.2 Å². The molecule has 1 heterocycles. The summed E-state index contributed by atoms with van der Waals surface area (Å²) in [5.41, 5.74) is 3.27. The van der Waals surface area contributed by atoms with Gasteiger partial charge in [0, 0.05) is 5.69 Å². The number of ether oxygens (including phenoxy) is 1. The lowest BCUT2D eigenvalue weighted by Gasteiger charge is -2.16. The molecule has 0 bridgehead atoms. The van der Waals surface area contributed by atoms with Gasteiger partial charge in [-0.1, -0.05) is 47.5 Å². The van der Waals surface area contributed by atoms with Crippen LogP contribution in [0.5, 0.6) is 11.5 Å². The highest BCUT2D eigenvalue weighted by Gasteiger charge is 2.39. The van der Waals surface area contributed by atoms with Gasteiger partial charge in [0.05, 0.1) is 5.69 Å². The predicted octanol–water partition coefficient (Wildman–Crippen LogP) is 5.53. The first-order valence-corrected chi connectivity index (χ1v) is 9.77. The number of rotatable bonds is 5. The zero-order valence-electron chi connectivity index (χ0n) is 16.5. The molecule has 0 saturated heterocycles. The molecule has 1 N–H and O–H groups in total. The highest BCUT2D eigenvalue weighted by Crippen LogP contribution is 2.32. The Kier molecular flexibility index (Phi) is 5.29. The van der Waals surface area contributed by atoms with E-state index < -0.39 is 11.8 Å². The first-order chi connectivity index (χ1) is 14.4. The van der Waals surface area contributed by atoms with E-state index >= 15 is 0 Å². The van der Waals surface area contributed by atoms with Crippen LogP contribution < -0.4 is 15.0 Å². The van der Waals surface area contributed by atoms with Gasteiger partial charge >= 0.3 is 0 Å². The van der Waals surface area contributed by atoms with Crippen LogP contribution in [0.25, 0.3) is 0 Å². The quantitative estimate of drug-likeness (QED) is 0.553. The third kappa shape index (κ3) is 3.80. The number of hydrogen-bond acceptors (Lipinski definition) is 4. The number of nitrogens with one attached hydrogen (secondary N) is 1. The molecule has 0 aromatic heterocycles. The number of anilines is 2. The fourth-order valence-corrected chi connectivity index (χ4v) is 3.43. The fraction of sp³-hybridized carbons (Fsp3) is 0.0833. The van der Waals surface area contributed by atoms with E-state index in [1.165, 1.54) is 0 Å². The van der Waals surface area contributed by atoms with Crippen molar-refractivity contribution >= 4 is 34.8 Å². The van der Waals surface area contributed by atoms with Gasteiger partial charge in [-0.3, -0.25) is 9.59 Å². The van der Waals surface area contributed by atoms with Crippen LogP contribution in [0.1, 0.15) is 11.1 Å². The summed E-state index contributed by atoms with van der Waals surface area (Å²) in [4.78, 5) is 26.7. The van der Waals surface area contributed by atoms with Gasteiger partial charge in [-0.15, -0.1) is 0 Å². The Morgan fingerprint density at radius 1 is 0.833 bits per heavy atom. The van der Waals surface area contributed by atoms with Crippen molar-refractivity contribution in [3.05, 3.63) is 94.7 Å². The fourth-order valence-electron chi connectivity index (χ4n) is 3.22. The second-order valence-corrected chi connectivity index (χ2v) is 7.37. The van der Waals surface area contributed by atoms with Crippen LogP contribution in [0.4, 0.5) is 11.4 Å². The summed E-state index contributed by atoms with van der Waals surface area (Å²) >= 11 is 6.22. The molecule has 1 aliphatic rings. The average molecular weight is 419 g/mol. The molecule has 0 aliphatic carbocycles. The summed E-state index contributed by atoms with van der Waals surface area (Å²) in [6.07, 6.45) is 0. The van der Waals surface area contributed by atoms with Crippen LogP contribution in [0.2, 0.25) is 0 Å². The van der Waals surface area contributed by atoms with Gasteiger partial charge in [0.15, 0.2) is 0 Å². The summed E-state index contributed by atoms with van der Waals surface area (Å²) in [6.45, 7) is 3.91. The van der Waals surface area contributed by atoms with E-state index in [1.807, 2.05) is 62.4 Å². The summed E-state index contributed by atoms with van der Waals surface area (Å²) in [6, 6.07) is 21.8. The molecule has 3 aromatic carbocycles. The van der Waals surface area contributed by atoms with Crippen LogP contribution in [0, 0.1) is 13.8 Å². The van der Waals surface area contributed by atoms with Crippen molar-refractivity contribution in [3.63, 3.8) is 0 Å². The molecule has 0 saturated carbocycles. The normalized spacial score (nSPS) is 13.8. The maximum Gasteiger partial charge on any atom is 0.283 e. The van der Waals surface area contributed by atoms with Crippen molar-refractivity contribution in [3.8, 4) is 11.5 Å². The van der Waals surface area contributed by atoms with Crippen LogP contribution in [0.3, 0.4) is 0 Å². The largest absolute Gasteiger partial charge is 0.457 e. The van der Waals surface area contributed by atoms with Crippen molar-refractivity contribution in [2.45, 2.75) is 13.8 Å². The third-order valence-corrected chi connectivity index (χ3v) is 5.09. The molecule has 3 aromatic rings. The minimum atomic E-state index is -0.564. The molecule has 0 fully saturated rings. The first kappa shape index (κ1) is 19.7. The highest BCUT2D eigenvalue weighted by molar-refractivity contribution is 6.53. The summed E-state index contributed by atoms with van der Waals surface area (Å²) in [5, 5.41) is 2.89. The third-order valence-electron chi connectivity index (χ3n) is 4.74. The zero-order chi connectivity index (χ0) is 21.3. The number of hydrogen-bond donors (Lipinski definition) is 1. The predicted molar refractivity (Wildman–Crippen MR) is 118 cm³/mol. The molecule has 30 heavy (non-hydrogen) atoms. The van der Waals surface area contributed by atoms with Gasteiger partial charge in [-0.05, 0) is 61.9 Å². The molecule has 4 rings (SSSR count). The minimum Gasteiger partial charge on any atom is -0.457 e. The van der Waals surface area contributed by atoms with Crippen molar-refractivity contribution in [1.82, 2.24) is 0 Å². The van der Waals surface area contributed by atoms with Crippen LogP contribution >= 0.6 is 11.6 Å². The maximum atomic E-state index is 13.0. The van der Waals surface area contributed by atoms with Crippen molar-refractivity contribution in [2.75, 3.05) is 10.2 Å². The number of aryl methyl sites for hydroxylation is 2. The number of para-hydroxylation sites is 1. The Bertz CT molecular complexity index is 1150. The number of nitrogens with zero attached hydrogens (tertiary/aromatic N) is 1. The zero-order valence-corrected chi connectivity index (χ0v) is 17.2. The van der Waals surface area contributed by atoms with Gasteiger partial charge in [-0.2, -0.15) is 0 Å². The monoisotopic (exact) mass is 418 g/mol. The van der Waals surface area contributed by atoms with Crippen molar-refractivity contribution < 1.29 is 14.3 Å². The van der Waals surface area contributed by atoms with E-state index in [2.05, 4.69) is 5.32 Å². The Labute approximate surface area is 179 Å². The second-order valence-electron chi connectivity index (χ2n) is 6.99. The lowest BCUT2D eigenvalue weighted by Crippen LogP contribution is -2.32. The van der Waals surface area contributed by atoms with Crippen LogP contribution in [-0.2, 0) is 9.59 Å². The van der Waals surface area contributed by atoms with Crippen molar-refractivity contribution in [2.24, 2.45) is 0 Å². The van der Waals surface area contributed by atoms with Gasteiger partial charge in [0.25, 0.3) is 11.8 Å². The van der Waals surface area contributed by atoms with Crippen molar-refractivity contribution in [1.29, 1.82) is 0 Å². The molecule has 0 atom stereocenters. The van der Waals surface area contributed by atoms with E-state index in [4.69, 9.17) is 16.3 Å². The molecule has 0 spiro atoms. The standard InChI is InChI=1S/C24H19ClN2O3/c1-15-8-13-20(16(2)14-15)26-22-21(25)23(28)27(24(22)29)17-9-11-19(12-10-17)30-18-6-4-3-5-7-18/h3-14,26H,1-2H3. The Hall–Kier alpha value is -3.57. The van der Waals surface area contributed by atoms with Gasteiger partial charge in [-0.25, -0.2) is 4.90 Å². The summed E-state index contributed by atoms with van der Waals surface area (Å²) in [7, 11) is 0. The van der Waals surface area contributed by atoms with Crippen LogP contribution in [0.15, 0.2) is 83.5 Å². The van der Waals surface area contributed by atoms with E-state index in [0.29, 0.717) is 17.2 Å². The Morgan fingerprint density at radius 3 is 2.17 bits per heavy atom. The molecule has 0 unspecified atom stereocenters. The Balaban J connectivity index is 1.54. The molecule has 1 aliphatic heterocycles. The second kappa shape index (κ2) is 8.05. The summed E-state index contributed by atoms with van der Waals surface area (Å²) in [5.74, 6) is 0.229. The molecule has 2 amide bonds. The van der Waals surface area contributed by atoms with E-state index in [9.17, 15) is 9.59 Å². The van der Waals surface area contributed by atoms with Gasteiger partial charge < -0.3 is 10.1 Å². The number of carbonyl (C=O) groups excluding carboxylic acids is 2. The minimum absolute atomic E-state index is 0.0678. The number of imide groups is 1. The molecule has 0 radical (unpaired) electrons. The number of benzene rings is 3. The van der Waals surface area contributed by atoms with E-state index in [-0.39, 0.29) is 10.7 Å². The molecule has 5 nitrogen and oxygen atoms in total. The first-order valence-electron chi connectivity index (χ1n) is 9.40. The molecule has 6 heteroatoms.